The van der Waals surface area contributed by atoms with Crippen molar-refractivity contribution < 1.29 is 9.90 Å². The van der Waals surface area contributed by atoms with Crippen molar-refractivity contribution in [3.05, 3.63) is 12.3 Å². The molecule has 0 spiro atoms. The number of hydrogen-bond acceptors (Lipinski definition) is 3. The Kier molecular flexibility index (Phi) is 3.95. The lowest BCUT2D eigenvalue weighted by molar-refractivity contribution is -0.138. The van der Waals surface area contributed by atoms with Gasteiger partial charge in [0.15, 0.2) is 0 Å². The second kappa shape index (κ2) is 4.22. The molecule has 0 bridgehead atoms. The Labute approximate surface area is 65.5 Å². The van der Waals surface area contributed by atoms with Gasteiger partial charge >= 0.3 is 5.97 Å². The zero-order chi connectivity index (χ0) is 8.15. The molecule has 0 aromatic rings. The maximum Gasteiger partial charge on any atom is 0.326 e. The fourth-order valence-corrected chi connectivity index (χ4v) is 0.730. The molecule has 0 radical (unpaired) electrons. The van der Waals surface area contributed by atoms with E-state index in [0.29, 0.717) is 5.70 Å². The van der Waals surface area contributed by atoms with Gasteiger partial charge in [0, 0.05) is 11.4 Å². The second-order valence-electron chi connectivity index (χ2n) is 2.00. The summed E-state index contributed by atoms with van der Waals surface area (Å²) in [5, 5.41) is 11.1. The van der Waals surface area contributed by atoms with E-state index < -0.39 is 12.0 Å². The highest BCUT2D eigenvalue weighted by atomic mass is 32.1. The van der Waals surface area contributed by atoms with Crippen molar-refractivity contribution in [1.29, 1.82) is 0 Å². The molecular formula is C6H11NO2S. The molecule has 10 heavy (non-hydrogen) atoms. The van der Waals surface area contributed by atoms with Crippen LogP contribution in [0.4, 0.5) is 0 Å². The average Bonchev–Trinajstić information content (AvgIpc) is 1.81. The van der Waals surface area contributed by atoms with Crippen LogP contribution in [0.2, 0.25) is 0 Å². The van der Waals surface area contributed by atoms with E-state index in [0.717, 1.165) is 0 Å². The molecule has 4 heteroatoms. The Morgan fingerprint density at radius 2 is 2.40 bits per heavy atom. The minimum absolute atomic E-state index is 0.266. The predicted molar refractivity (Wildman–Crippen MR) is 43.2 cm³/mol. The molecule has 1 unspecified atom stereocenters. The minimum Gasteiger partial charge on any atom is -0.480 e. The highest BCUT2D eigenvalue weighted by Crippen LogP contribution is 1.91. The quantitative estimate of drug-likeness (QED) is 0.526. The summed E-state index contributed by atoms with van der Waals surface area (Å²) in [6.07, 6.45) is 0. The van der Waals surface area contributed by atoms with Crippen molar-refractivity contribution in [2.45, 2.75) is 13.0 Å². The van der Waals surface area contributed by atoms with E-state index in [9.17, 15) is 4.79 Å². The summed E-state index contributed by atoms with van der Waals surface area (Å²) in [6, 6.07) is -0.624. The third-order valence-electron chi connectivity index (χ3n) is 0.901. The van der Waals surface area contributed by atoms with Gasteiger partial charge in [-0.1, -0.05) is 6.58 Å². The van der Waals surface area contributed by atoms with Crippen molar-refractivity contribution >= 4 is 18.6 Å². The van der Waals surface area contributed by atoms with Crippen molar-refractivity contribution in [2.24, 2.45) is 0 Å². The Morgan fingerprint density at radius 1 is 1.90 bits per heavy atom. The first-order valence-corrected chi connectivity index (χ1v) is 3.47. The number of carbonyl (C=O) groups is 1. The summed E-state index contributed by atoms with van der Waals surface area (Å²) in [7, 11) is 0. The number of rotatable bonds is 4. The first kappa shape index (κ1) is 9.36. The summed E-state index contributed by atoms with van der Waals surface area (Å²) in [6.45, 7) is 5.22. The molecule has 1 atom stereocenters. The van der Waals surface area contributed by atoms with Crippen molar-refractivity contribution in [2.75, 3.05) is 5.75 Å². The minimum atomic E-state index is -0.905. The molecule has 0 aliphatic rings. The molecule has 58 valence electrons. The van der Waals surface area contributed by atoms with Crippen LogP contribution >= 0.6 is 12.6 Å². The molecule has 0 heterocycles. The monoisotopic (exact) mass is 161 g/mol. The van der Waals surface area contributed by atoms with Crippen LogP contribution in [0.3, 0.4) is 0 Å². The third-order valence-corrected chi connectivity index (χ3v) is 1.27. The highest BCUT2D eigenvalue weighted by Gasteiger charge is 2.13. The smallest absolute Gasteiger partial charge is 0.326 e. The van der Waals surface area contributed by atoms with Crippen LogP contribution in [0.1, 0.15) is 6.92 Å². The lowest BCUT2D eigenvalue weighted by Crippen LogP contribution is -2.36. The maximum absolute atomic E-state index is 10.3. The van der Waals surface area contributed by atoms with Gasteiger partial charge in [-0.25, -0.2) is 4.79 Å². The molecule has 0 saturated carbocycles. The molecule has 3 nitrogen and oxygen atoms in total. The largest absolute Gasteiger partial charge is 0.480 e. The molecule has 2 N–H and O–H groups in total. The first-order valence-electron chi connectivity index (χ1n) is 2.83. The molecule has 0 aromatic heterocycles. The van der Waals surface area contributed by atoms with Crippen molar-refractivity contribution in [3.8, 4) is 0 Å². The lowest BCUT2D eigenvalue weighted by atomic mass is 10.3. The van der Waals surface area contributed by atoms with Crippen LogP contribution in [0.5, 0.6) is 0 Å². The normalized spacial score (nSPS) is 12.2. The number of allylic oxidation sites excluding steroid dienone is 1. The topological polar surface area (TPSA) is 49.3 Å². The van der Waals surface area contributed by atoms with Gasteiger partial charge in [0.05, 0.1) is 0 Å². The van der Waals surface area contributed by atoms with Gasteiger partial charge in [-0.3, -0.25) is 0 Å². The summed E-state index contributed by atoms with van der Waals surface area (Å²) < 4.78 is 0. The highest BCUT2D eigenvalue weighted by molar-refractivity contribution is 7.80. The summed E-state index contributed by atoms with van der Waals surface area (Å²) in [5.74, 6) is -0.639. The van der Waals surface area contributed by atoms with Crippen LogP contribution in [-0.2, 0) is 4.79 Å². The van der Waals surface area contributed by atoms with E-state index in [1.165, 1.54) is 0 Å². The summed E-state index contributed by atoms with van der Waals surface area (Å²) >= 11 is 3.85. The van der Waals surface area contributed by atoms with Gasteiger partial charge < -0.3 is 10.4 Å². The van der Waals surface area contributed by atoms with E-state index in [1.54, 1.807) is 6.92 Å². The Bertz CT molecular complexity index is 147. The average molecular weight is 161 g/mol. The van der Waals surface area contributed by atoms with Crippen LogP contribution in [0.15, 0.2) is 12.3 Å². The fourth-order valence-electron chi connectivity index (χ4n) is 0.483. The number of carboxylic acid groups (broad SMARTS) is 1. The fraction of sp³-hybridized carbons (Fsp3) is 0.500. The van der Waals surface area contributed by atoms with Crippen LogP contribution in [-0.4, -0.2) is 22.9 Å². The molecule has 0 aromatic carbocycles. The zero-order valence-electron chi connectivity index (χ0n) is 5.79. The SMILES string of the molecule is C=C(C)NC(CS)C(=O)O. The van der Waals surface area contributed by atoms with Crippen molar-refractivity contribution in [3.63, 3.8) is 0 Å². The standard InChI is InChI=1S/C6H11NO2S/c1-4(2)7-5(3-10)6(8)9/h5,7,10H,1,3H2,2H3,(H,8,9). The van der Waals surface area contributed by atoms with Crippen LogP contribution in [0, 0.1) is 0 Å². The summed E-state index contributed by atoms with van der Waals surface area (Å²) in [5.41, 5.74) is 0.640. The molecule has 0 amide bonds. The molecule has 0 aliphatic heterocycles. The zero-order valence-corrected chi connectivity index (χ0v) is 6.69. The number of nitrogens with one attached hydrogen (secondary N) is 1. The first-order chi connectivity index (χ1) is 4.57. The number of hydrogen-bond donors (Lipinski definition) is 3. The molecular weight excluding hydrogens is 150 g/mol. The number of thiol groups is 1. The van der Waals surface area contributed by atoms with E-state index in [1.807, 2.05) is 0 Å². The third kappa shape index (κ3) is 3.40. The maximum atomic E-state index is 10.3. The molecule has 0 aliphatic carbocycles. The Hall–Kier alpha value is -0.640. The molecule has 0 fully saturated rings. The predicted octanol–water partition coefficient (Wildman–Crippen LogP) is 0.493. The van der Waals surface area contributed by atoms with E-state index >= 15 is 0 Å². The lowest BCUT2D eigenvalue weighted by Gasteiger charge is -2.11. The second-order valence-corrected chi connectivity index (χ2v) is 2.36. The van der Waals surface area contributed by atoms with E-state index in [-0.39, 0.29) is 5.75 Å². The summed E-state index contributed by atoms with van der Waals surface area (Å²) in [4.78, 5) is 10.3. The van der Waals surface area contributed by atoms with Gasteiger partial charge in [0.25, 0.3) is 0 Å². The number of aliphatic carboxylic acids is 1. The van der Waals surface area contributed by atoms with Gasteiger partial charge in [-0.15, -0.1) is 0 Å². The Balaban J connectivity index is 3.83. The van der Waals surface area contributed by atoms with Crippen molar-refractivity contribution in [1.82, 2.24) is 5.32 Å². The molecule has 0 saturated heterocycles. The van der Waals surface area contributed by atoms with Gasteiger partial charge in [0.1, 0.15) is 6.04 Å². The van der Waals surface area contributed by atoms with Crippen LogP contribution < -0.4 is 5.32 Å². The van der Waals surface area contributed by atoms with E-state index in [2.05, 4.69) is 24.5 Å². The van der Waals surface area contributed by atoms with Crippen LogP contribution in [0.25, 0.3) is 0 Å². The van der Waals surface area contributed by atoms with Gasteiger partial charge in [-0.2, -0.15) is 12.6 Å². The van der Waals surface area contributed by atoms with Gasteiger partial charge in [0.2, 0.25) is 0 Å². The molecule has 0 rings (SSSR count). The van der Waals surface area contributed by atoms with E-state index in [4.69, 9.17) is 5.11 Å². The Morgan fingerprint density at radius 3 is 2.50 bits per heavy atom. The number of carboxylic acids is 1. The van der Waals surface area contributed by atoms with Gasteiger partial charge in [-0.05, 0) is 6.92 Å².